The van der Waals surface area contributed by atoms with Crippen molar-refractivity contribution in [1.29, 1.82) is 0 Å². The van der Waals surface area contributed by atoms with Gasteiger partial charge in [-0.05, 0) is 24.1 Å². The third-order valence-electron chi connectivity index (χ3n) is 3.84. The molecule has 0 radical (unpaired) electrons. The van der Waals surface area contributed by atoms with Crippen LogP contribution in [0.5, 0.6) is 0 Å². The van der Waals surface area contributed by atoms with Crippen LogP contribution in [0.2, 0.25) is 0 Å². The van der Waals surface area contributed by atoms with E-state index in [0.717, 1.165) is 51.2 Å². The normalized spacial score (nSPS) is 17.9. The van der Waals surface area contributed by atoms with E-state index >= 15 is 0 Å². The number of nitrogens with one attached hydrogen (secondary N) is 1. The van der Waals surface area contributed by atoms with Gasteiger partial charge >= 0.3 is 6.18 Å². The van der Waals surface area contributed by atoms with Gasteiger partial charge in [-0.2, -0.15) is 13.2 Å². The molecule has 2 nitrogen and oxygen atoms in total. The van der Waals surface area contributed by atoms with Crippen molar-refractivity contribution in [3.63, 3.8) is 0 Å². The van der Waals surface area contributed by atoms with E-state index in [1.54, 1.807) is 0 Å². The fraction of sp³-hybridized carbons (Fsp3) is 0.600. The number of piperazine rings is 1. The summed E-state index contributed by atoms with van der Waals surface area (Å²) in [6.45, 7) is 5.38. The molecule has 1 saturated heterocycles. The second-order valence-corrected chi connectivity index (χ2v) is 5.33. The third-order valence-corrected chi connectivity index (χ3v) is 3.84. The number of alkyl halides is 3. The Morgan fingerprint density at radius 2 is 1.86 bits per heavy atom. The van der Waals surface area contributed by atoms with Crippen molar-refractivity contribution in [2.75, 3.05) is 26.2 Å². The van der Waals surface area contributed by atoms with Crippen LogP contribution < -0.4 is 5.32 Å². The zero-order valence-electron chi connectivity index (χ0n) is 12.4. The van der Waals surface area contributed by atoms with Crippen LogP contribution in [0.25, 0.3) is 0 Å². The minimum atomic E-state index is -4.64. The maximum Gasteiger partial charge on any atom is 0.419 e. The van der Waals surface area contributed by atoms with Crippen LogP contribution in [0.4, 0.5) is 17.6 Å². The van der Waals surface area contributed by atoms with Crippen LogP contribution in [-0.4, -0.2) is 31.1 Å². The Kier molecular flexibility index (Phi) is 7.09. The predicted octanol–water partition coefficient (Wildman–Crippen LogP) is 4.01. The molecule has 22 heavy (non-hydrogen) atoms. The Balaban J connectivity index is 0.00000242. The number of benzene rings is 1. The molecule has 1 heterocycles. The molecule has 1 atom stereocenters. The summed E-state index contributed by atoms with van der Waals surface area (Å²) in [5.41, 5.74) is -0.564. The van der Waals surface area contributed by atoms with E-state index in [1.807, 2.05) is 6.92 Å². The lowest BCUT2D eigenvalue weighted by atomic mass is 9.98. The van der Waals surface area contributed by atoms with Crippen LogP contribution in [0.15, 0.2) is 18.2 Å². The number of hydrogen-bond acceptors (Lipinski definition) is 2. The van der Waals surface area contributed by atoms with E-state index < -0.39 is 17.6 Å². The van der Waals surface area contributed by atoms with Gasteiger partial charge in [-0.25, -0.2) is 4.39 Å². The van der Waals surface area contributed by atoms with Crippen LogP contribution in [0.3, 0.4) is 0 Å². The molecule has 0 spiro atoms. The summed E-state index contributed by atoms with van der Waals surface area (Å²) in [4.78, 5) is 2.21. The molecule has 126 valence electrons. The first-order chi connectivity index (χ1) is 9.93. The topological polar surface area (TPSA) is 15.3 Å². The largest absolute Gasteiger partial charge is 0.419 e. The van der Waals surface area contributed by atoms with Gasteiger partial charge in [0.25, 0.3) is 0 Å². The lowest BCUT2D eigenvalue weighted by molar-refractivity contribution is -0.140. The molecule has 1 aliphatic heterocycles. The molecule has 0 bridgehead atoms. The van der Waals surface area contributed by atoms with Gasteiger partial charge in [-0.1, -0.05) is 19.4 Å². The Morgan fingerprint density at radius 3 is 2.36 bits per heavy atom. The lowest BCUT2D eigenvalue weighted by Gasteiger charge is -2.35. The van der Waals surface area contributed by atoms with Gasteiger partial charge in [0.1, 0.15) is 5.82 Å². The first kappa shape index (κ1) is 19.2. The minimum Gasteiger partial charge on any atom is -0.314 e. The van der Waals surface area contributed by atoms with E-state index in [4.69, 9.17) is 0 Å². The summed E-state index contributed by atoms with van der Waals surface area (Å²) >= 11 is 0. The van der Waals surface area contributed by atoms with Crippen molar-refractivity contribution in [3.05, 3.63) is 35.1 Å². The molecule has 7 heteroatoms. The zero-order chi connectivity index (χ0) is 15.5. The number of hydrogen-bond donors (Lipinski definition) is 1. The molecule has 1 N–H and O–H groups in total. The molecule has 0 aliphatic carbocycles. The van der Waals surface area contributed by atoms with Crippen LogP contribution in [0, 0.1) is 5.82 Å². The van der Waals surface area contributed by atoms with Crippen molar-refractivity contribution in [2.24, 2.45) is 0 Å². The molecule has 2 rings (SSSR count). The fourth-order valence-corrected chi connectivity index (χ4v) is 2.80. The highest BCUT2D eigenvalue weighted by Crippen LogP contribution is 2.34. The second kappa shape index (κ2) is 8.13. The first-order valence-corrected chi connectivity index (χ1v) is 7.25. The molecule has 0 unspecified atom stereocenters. The number of halogens is 5. The van der Waals surface area contributed by atoms with E-state index in [0.29, 0.717) is 5.56 Å². The van der Waals surface area contributed by atoms with Gasteiger partial charge in [0.15, 0.2) is 0 Å². The number of nitrogens with zero attached hydrogens (tertiary/aromatic N) is 1. The van der Waals surface area contributed by atoms with Gasteiger partial charge in [0.05, 0.1) is 5.56 Å². The molecule has 0 saturated carbocycles. The average molecular weight is 341 g/mol. The van der Waals surface area contributed by atoms with Gasteiger partial charge in [0.2, 0.25) is 0 Å². The highest BCUT2D eigenvalue weighted by Gasteiger charge is 2.34. The smallest absolute Gasteiger partial charge is 0.314 e. The highest BCUT2D eigenvalue weighted by molar-refractivity contribution is 5.85. The van der Waals surface area contributed by atoms with Crippen molar-refractivity contribution >= 4 is 12.4 Å². The van der Waals surface area contributed by atoms with Gasteiger partial charge in [-0.15, -0.1) is 12.4 Å². The molecular weight excluding hydrogens is 320 g/mol. The summed E-state index contributed by atoms with van der Waals surface area (Å²) < 4.78 is 51.6. The first-order valence-electron chi connectivity index (χ1n) is 7.25. The Hall–Kier alpha value is -0.850. The summed E-state index contributed by atoms with van der Waals surface area (Å²) in [5, 5.41) is 3.24. The third kappa shape index (κ3) is 4.57. The van der Waals surface area contributed by atoms with Crippen LogP contribution in [0.1, 0.15) is 36.9 Å². The quantitative estimate of drug-likeness (QED) is 0.833. The molecule has 1 aliphatic rings. The van der Waals surface area contributed by atoms with Crippen molar-refractivity contribution in [2.45, 2.75) is 32.0 Å². The lowest BCUT2D eigenvalue weighted by Crippen LogP contribution is -2.45. The summed E-state index contributed by atoms with van der Waals surface area (Å²) in [5.74, 6) is -1.18. The van der Waals surface area contributed by atoms with Crippen molar-refractivity contribution in [1.82, 2.24) is 10.2 Å². The molecule has 0 amide bonds. The number of rotatable bonds is 4. The van der Waals surface area contributed by atoms with Crippen molar-refractivity contribution < 1.29 is 17.6 Å². The van der Waals surface area contributed by atoms with Crippen molar-refractivity contribution in [3.8, 4) is 0 Å². The summed E-state index contributed by atoms with van der Waals surface area (Å²) in [7, 11) is 0. The summed E-state index contributed by atoms with van der Waals surface area (Å²) in [6.07, 6.45) is -2.93. The molecule has 1 aromatic rings. The minimum absolute atomic E-state index is 0. The molecule has 1 aromatic carbocycles. The molecular formula is C15H21ClF4N2. The summed E-state index contributed by atoms with van der Waals surface area (Å²) in [6, 6.07) is 3.29. The predicted molar refractivity (Wildman–Crippen MR) is 80.7 cm³/mol. The Labute approximate surface area is 134 Å². The van der Waals surface area contributed by atoms with Gasteiger partial charge in [0, 0.05) is 32.2 Å². The monoisotopic (exact) mass is 340 g/mol. The van der Waals surface area contributed by atoms with E-state index in [-0.39, 0.29) is 18.4 Å². The van der Waals surface area contributed by atoms with Gasteiger partial charge in [-0.3, -0.25) is 4.90 Å². The Morgan fingerprint density at radius 1 is 1.23 bits per heavy atom. The van der Waals surface area contributed by atoms with E-state index in [1.165, 1.54) is 6.07 Å². The molecule has 1 fully saturated rings. The Bertz CT molecular complexity index is 473. The van der Waals surface area contributed by atoms with Gasteiger partial charge < -0.3 is 5.32 Å². The maximum absolute atomic E-state index is 13.8. The average Bonchev–Trinajstić information content (AvgIpc) is 2.44. The van der Waals surface area contributed by atoms with Crippen LogP contribution >= 0.6 is 12.4 Å². The van der Waals surface area contributed by atoms with E-state index in [2.05, 4.69) is 10.2 Å². The zero-order valence-corrected chi connectivity index (χ0v) is 13.2. The standard InChI is InChI=1S/C15H20F4N2.ClH/c1-2-3-14(21-8-6-20-7-9-21)11-4-5-12(13(16)10-11)15(17,18)19;/h4-5,10,14,20H,2-3,6-9H2,1H3;1H/t14-;/m0./s1. The van der Waals surface area contributed by atoms with E-state index in [9.17, 15) is 17.6 Å². The fourth-order valence-electron chi connectivity index (χ4n) is 2.80. The second-order valence-electron chi connectivity index (χ2n) is 5.33. The van der Waals surface area contributed by atoms with Crippen LogP contribution in [-0.2, 0) is 6.18 Å². The molecule has 0 aromatic heterocycles. The highest BCUT2D eigenvalue weighted by atomic mass is 35.5. The SMILES string of the molecule is CCC[C@@H](c1ccc(C(F)(F)F)c(F)c1)N1CCNCC1.Cl. The maximum atomic E-state index is 13.8.